The van der Waals surface area contributed by atoms with Gasteiger partial charge in [0.1, 0.15) is 23.7 Å². The Hall–Kier alpha value is -2.68. The Morgan fingerprint density at radius 2 is 1.24 bits per heavy atom. The first-order valence-electron chi connectivity index (χ1n) is 13.0. The van der Waals surface area contributed by atoms with Gasteiger partial charge in [0, 0.05) is 6.92 Å². The number of benzene rings is 3. The highest BCUT2D eigenvalue weighted by molar-refractivity contribution is 7.99. The van der Waals surface area contributed by atoms with E-state index in [1.165, 1.54) is 6.92 Å². The number of thioether (sulfide) groups is 1. The van der Waals surface area contributed by atoms with E-state index in [9.17, 15) is 4.79 Å². The standard InChI is InChI=1S/C31H36O6S/c1-3-38-31-30(36-23(2)32)29(35-21-26-17-11-6-12-18-26)28(34-20-25-15-9-5-10-16-25)27(37-31)22-33-19-24-13-7-4-8-14-24/h4-18,27-31H,3,19-22H2,1-2H3/t27-,28+,29+,30-,31+/m1/s1. The molecular weight excluding hydrogens is 500 g/mol. The van der Waals surface area contributed by atoms with Gasteiger partial charge in [-0.3, -0.25) is 4.79 Å². The van der Waals surface area contributed by atoms with Gasteiger partial charge in [0.15, 0.2) is 6.10 Å². The van der Waals surface area contributed by atoms with Gasteiger partial charge in [0.05, 0.1) is 26.4 Å². The molecular formula is C31H36O6S. The van der Waals surface area contributed by atoms with E-state index in [0.717, 1.165) is 22.4 Å². The minimum Gasteiger partial charge on any atom is -0.456 e. The molecule has 0 amide bonds. The molecule has 4 rings (SSSR count). The van der Waals surface area contributed by atoms with Gasteiger partial charge in [-0.2, -0.15) is 0 Å². The highest BCUT2D eigenvalue weighted by Gasteiger charge is 2.49. The third kappa shape index (κ3) is 8.41. The maximum atomic E-state index is 12.2. The molecule has 1 aliphatic rings. The van der Waals surface area contributed by atoms with Crippen LogP contribution in [-0.2, 0) is 48.3 Å². The van der Waals surface area contributed by atoms with Crippen LogP contribution in [0.25, 0.3) is 0 Å². The molecule has 202 valence electrons. The van der Waals surface area contributed by atoms with Crippen molar-refractivity contribution in [3.05, 3.63) is 108 Å². The van der Waals surface area contributed by atoms with Gasteiger partial charge in [-0.25, -0.2) is 0 Å². The minimum absolute atomic E-state index is 0.313. The van der Waals surface area contributed by atoms with Crippen molar-refractivity contribution < 1.29 is 28.5 Å². The Labute approximate surface area is 229 Å². The van der Waals surface area contributed by atoms with Gasteiger partial charge in [-0.1, -0.05) is 97.9 Å². The SMILES string of the molecule is CCS[C@@H]1O[C@H](COCc2ccccc2)[C@H](OCc2ccccc2)[C@H](OCc2ccccc2)[C@H]1OC(C)=O. The summed E-state index contributed by atoms with van der Waals surface area (Å²) in [4.78, 5) is 12.2. The molecule has 1 aliphatic heterocycles. The van der Waals surface area contributed by atoms with Crippen LogP contribution in [0.5, 0.6) is 0 Å². The molecule has 1 heterocycles. The van der Waals surface area contributed by atoms with E-state index < -0.39 is 29.9 Å². The minimum atomic E-state index is -0.632. The average molecular weight is 537 g/mol. The highest BCUT2D eigenvalue weighted by atomic mass is 32.2. The first-order chi connectivity index (χ1) is 18.6. The molecule has 6 nitrogen and oxygen atoms in total. The lowest BCUT2D eigenvalue weighted by atomic mass is 9.99. The zero-order chi connectivity index (χ0) is 26.6. The molecule has 1 fully saturated rings. The Morgan fingerprint density at radius 3 is 1.74 bits per heavy atom. The number of rotatable bonds is 13. The van der Waals surface area contributed by atoms with E-state index in [1.807, 2.05) is 91.0 Å². The van der Waals surface area contributed by atoms with E-state index in [0.29, 0.717) is 26.4 Å². The van der Waals surface area contributed by atoms with Crippen LogP contribution in [0, 0.1) is 0 Å². The predicted octanol–water partition coefficient (Wildman–Crippen LogP) is 5.78. The van der Waals surface area contributed by atoms with Crippen LogP contribution >= 0.6 is 11.8 Å². The number of carbonyl (C=O) groups is 1. The summed E-state index contributed by atoms with van der Waals surface area (Å²) in [6, 6.07) is 30.0. The van der Waals surface area contributed by atoms with Crippen molar-refractivity contribution in [3.63, 3.8) is 0 Å². The van der Waals surface area contributed by atoms with Crippen molar-refractivity contribution in [1.29, 1.82) is 0 Å². The predicted molar refractivity (Wildman–Crippen MR) is 148 cm³/mol. The summed E-state index contributed by atoms with van der Waals surface area (Å²) >= 11 is 1.59. The quantitative estimate of drug-likeness (QED) is 0.257. The molecule has 3 aromatic carbocycles. The molecule has 0 saturated carbocycles. The van der Waals surface area contributed by atoms with Gasteiger partial charge in [-0.15, -0.1) is 11.8 Å². The number of carbonyl (C=O) groups excluding carboxylic acids is 1. The first-order valence-corrected chi connectivity index (χ1v) is 14.1. The van der Waals surface area contributed by atoms with Crippen LogP contribution in [0.4, 0.5) is 0 Å². The zero-order valence-corrected chi connectivity index (χ0v) is 22.8. The van der Waals surface area contributed by atoms with Crippen LogP contribution in [0.15, 0.2) is 91.0 Å². The Bertz CT molecular complexity index is 1080. The monoisotopic (exact) mass is 536 g/mol. The third-order valence-corrected chi connectivity index (χ3v) is 7.23. The molecule has 0 unspecified atom stereocenters. The number of ether oxygens (including phenoxy) is 5. The van der Waals surface area contributed by atoms with Gasteiger partial charge in [0.25, 0.3) is 0 Å². The lowest BCUT2D eigenvalue weighted by Gasteiger charge is -2.45. The maximum absolute atomic E-state index is 12.2. The van der Waals surface area contributed by atoms with E-state index in [-0.39, 0.29) is 5.97 Å². The largest absolute Gasteiger partial charge is 0.456 e. The lowest BCUT2D eigenvalue weighted by molar-refractivity contribution is -0.249. The molecule has 38 heavy (non-hydrogen) atoms. The third-order valence-electron chi connectivity index (χ3n) is 6.19. The molecule has 5 atom stereocenters. The second-order valence-electron chi connectivity index (χ2n) is 9.10. The molecule has 1 saturated heterocycles. The second-order valence-corrected chi connectivity index (χ2v) is 10.5. The van der Waals surface area contributed by atoms with E-state index in [2.05, 4.69) is 6.92 Å². The van der Waals surface area contributed by atoms with Gasteiger partial charge >= 0.3 is 5.97 Å². The van der Waals surface area contributed by atoms with Crippen molar-refractivity contribution in [2.75, 3.05) is 12.4 Å². The van der Waals surface area contributed by atoms with Gasteiger partial charge in [-0.05, 0) is 22.4 Å². The summed E-state index contributed by atoms with van der Waals surface area (Å²) in [5.41, 5.74) is 2.73. The molecule has 0 bridgehead atoms. The summed E-state index contributed by atoms with van der Waals surface area (Å²) < 4.78 is 31.5. The van der Waals surface area contributed by atoms with Crippen LogP contribution in [0.1, 0.15) is 30.5 Å². The maximum Gasteiger partial charge on any atom is 0.303 e. The topological polar surface area (TPSA) is 63.2 Å². The van der Waals surface area contributed by atoms with Gasteiger partial charge < -0.3 is 23.7 Å². The fourth-order valence-electron chi connectivity index (χ4n) is 4.42. The van der Waals surface area contributed by atoms with Crippen LogP contribution in [0.3, 0.4) is 0 Å². The summed E-state index contributed by atoms with van der Waals surface area (Å²) in [5.74, 6) is 0.412. The Morgan fingerprint density at radius 1 is 0.737 bits per heavy atom. The molecule has 7 heteroatoms. The highest BCUT2D eigenvalue weighted by Crippen LogP contribution is 2.35. The van der Waals surface area contributed by atoms with Crippen LogP contribution in [0.2, 0.25) is 0 Å². The summed E-state index contributed by atoms with van der Waals surface area (Å²) in [5, 5.41) is 0. The zero-order valence-electron chi connectivity index (χ0n) is 21.9. The van der Waals surface area contributed by atoms with Crippen molar-refractivity contribution in [2.45, 2.75) is 63.5 Å². The fourth-order valence-corrected chi connectivity index (χ4v) is 5.37. The van der Waals surface area contributed by atoms with Gasteiger partial charge in [0.2, 0.25) is 0 Å². The normalized spacial score (nSPS) is 23.2. The second kappa shape index (κ2) is 15.0. The van der Waals surface area contributed by atoms with Crippen LogP contribution in [-0.4, -0.2) is 48.2 Å². The van der Waals surface area contributed by atoms with Crippen molar-refractivity contribution in [2.24, 2.45) is 0 Å². The van der Waals surface area contributed by atoms with E-state index >= 15 is 0 Å². The van der Waals surface area contributed by atoms with Crippen LogP contribution < -0.4 is 0 Å². The van der Waals surface area contributed by atoms with E-state index in [4.69, 9.17) is 23.7 Å². The van der Waals surface area contributed by atoms with Crippen molar-refractivity contribution >= 4 is 17.7 Å². The lowest BCUT2D eigenvalue weighted by Crippen LogP contribution is -2.60. The molecule has 0 radical (unpaired) electrons. The fraction of sp³-hybridized carbons (Fsp3) is 0.387. The van der Waals surface area contributed by atoms with E-state index in [1.54, 1.807) is 11.8 Å². The number of esters is 1. The number of hydrogen-bond acceptors (Lipinski definition) is 7. The molecule has 0 aromatic heterocycles. The molecule has 3 aromatic rings. The number of hydrogen-bond donors (Lipinski definition) is 0. The summed E-state index contributed by atoms with van der Waals surface area (Å²) in [6.45, 7) is 4.96. The summed E-state index contributed by atoms with van der Waals surface area (Å²) in [7, 11) is 0. The van der Waals surface area contributed by atoms with Crippen molar-refractivity contribution in [3.8, 4) is 0 Å². The first kappa shape index (κ1) is 28.3. The molecule has 0 spiro atoms. The molecule has 0 N–H and O–H groups in total. The smallest absolute Gasteiger partial charge is 0.303 e. The summed E-state index contributed by atoms with van der Waals surface area (Å²) in [6.07, 6.45) is -2.12. The Balaban J connectivity index is 1.58. The van der Waals surface area contributed by atoms with Crippen molar-refractivity contribution in [1.82, 2.24) is 0 Å². The Kier molecular flexibility index (Phi) is 11.2. The average Bonchev–Trinajstić information content (AvgIpc) is 2.94. The molecule has 0 aliphatic carbocycles.